The second-order valence-electron chi connectivity index (χ2n) is 4.35. The van der Waals surface area contributed by atoms with E-state index in [0.717, 1.165) is 5.56 Å². The summed E-state index contributed by atoms with van der Waals surface area (Å²) in [5.41, 5.74) is 8.59. The number of hydrogen-bond donors (Lipinski definition) is 2. The first-order chi connectivity index (χ1) is 9.06. The highest BCUT2D eigenvalue weighted by atomic mass is 19.1. The number of rotatable bonds is 4. The number of Topliss-reactive ketones (excluding diaryl/α,β-unsaturated/α-hetero) is 1. The zero-order valence-electron chi connectivity index (χ0n) is 10.6. The molecule has 0 aliphatic heterocycles. The molecule has 0 spiro atoms. The zero-order chi connectivity index (χ0) is 13.8. The van der Waals surface area contributed by atoms with E-state index in [1.165, 1.54) is 12.1 Å². The van der Waals surface area contributed by atoms with Gasteiger partial charge in [0, 0.05) is 16.9 Å². The van der Waals surface area contributed by atoms with Crippen molar-refractivity contribution in [2.24, 2.45) is 0 Å². The molecule has 3 nitrogen and oxygen atoms in total. The Morgan fingerprint density at radius 1 is 1.21 bits per heavy atom. The van der Waals surface area contributed by atoms with Crippen molar-refractivity contribution in [2.45, 2.75) is 6.92 Å². The quantitative estimate of drug-likeness (QED) is 0.654. The fraction of sp³-hybridized carbons (Fsp3) is 0.133. The molecule has 0 amide bonds. The van der Waals surface area contributed by atoms with Crippen LogP contribution in [0.15, 0.2) is 42.5 Å². The highest BCUT2D eigenvalue weighted by Gasteiger charge is 2.07. The van der Waals surface area contributed by atoms with Crippen LogP contribution in [-0.4, -0.2) is 12.3 Å². The molecule has 0 heterocycles. The predicted octanol–water partition coefficient (Wildman–Crippen LogP) is 3.01. The maximum atomic E-state index is 12.7. The normalized spacial score (nSPS) is 10.2. The number of benzene rings is 2. The molecular formula is C15H15FN2O. The summed E-state index contributed by atoms with van der Waals surface area (Å²) < 4.78 is 12.7. The van der Waals surface area contributed by atoms with Crippen molar-refractivity contribution in [3.63, 3.8) is 0 Å². The van der Waals surface area contributed by atoms with Gasteiger partial charge in [0.05, 0.1) is 6.54 Å². The van der Waals surface area contributed by atoms with Gasteiger partial charge in [0.25, 0.3) is 0 Å². The van der Waals surface area contributed by atoms with E-state index in [1.54, 1.807) is 24.3 Å². The molecule has 0 atom stereocenters. The third-order valence-electron chi connectivity index (χ3n) is 2.90. The summed E-state index contributed by atoms with van der Waals surface area (Å²) in [6.45, 7) is 2.04. The second-order valence-corrected chi connectivity index (χ2v) is 4.35. The summed E-state index contributed by atoms with van der Waals surface area (Å²) in [7, 11) is 0. The van der Waals surface area contributed by atoms with Gasteiger partial charge >= 0.3 is 0 Å². The van der Waals surface area contributed by atoms with Crippen LogP contribution in [0.5, 0.6) is 0 Å². The van der Waals surface area contributed by atoms with E-state index in [0.29, 0.717) is 16.9 Å². The largest absolute Gasteiger partial charge is 0.398 e. The second kappa shape index (κ2) is 5.52. The van der Waals surface area contributed by atoms with Crippen molar-refractivity contribution in [2.75, 3.05) is 17.6 Å². The molecule has 19 heavy (non-hydrogen) atoms. The van der Waals surface area contributed by atoms with Crippen molar-refractivity contribution in [1.82, 2.24) is 0 Å². The molecular weight excluding hydrogens is 243 g/mol. The summed E-state index contributed by atoms with van der Waals surface area (Å²) in [5, 5.41) is 2.95. The number of aryl methyl sites for hydroxylation is 1. The molecule has 0 aliphatic carbocycles. The summed E-state index contributed by atoms with van der Waals surface area (Å²) in [4.78, 5) is 12.0. The van der Waals surface area contributed by atoms with E-state index in [1.807, 2.05) is 13.0 Å². The number of nitrogens with two attached hydrogens (primary N) is 1. The van der Waals surface area contributed by atoms with Crippen LogP contribution in [0.1, 0.15) is 15.9 Å². The standard InChI is InChI=1S/C15H15FN2O/c1-10-2-3-11(8-14(10)17)15(19)9-18-13-6-4-12(16)5-7-13/h2-8,18H,9,17H2,1H3. The first kappa shape index (κ1) is 13.1. The molecule has 0 saturated carbocycles. The summed E-state index contributed by atoms with van der Waals surface area (Å²) in [6.07, 6.45) is 0. The van der Waals surface area contributed by atoms with Gasteiger partial charge in [-0.2, -0.15) is 0 Å². The van der Waals surface area contributed by atoms with E-state index in [9.17, 15) is 9.18 Å². The van der Waals surface area contributed by atoms with Crippen LogP contribution in [0.2, 0.25) is 0 Å². The molecule has 0 fully saturated rings. The lowest BCUT2D eigenvalue weighted by molar-refractivity contribution is 0.101. The van der Waals surface area contributed by atoms with Crippen LogP contribution in [0.3, 0.4) is 0 Å². The van der Waals surface area contributed by atoms with Crippen LogP contribution in [0.25, 0.3) is 0 Å². The Balaban J connectivity index is 2.01. The van der Waals surface area contributed by atoms with E-state index in [4.69, 9.17) is 5.73 Å². The average molecular weight is 258 g/mol. The highest BCUT2D eigenvalue weighted by Crippen LogP contribution is 2.14. The minimum Gasteiger partial charge on any atom is -0.398 e. The minimum absolute atomic E-state index is 0.0592. The molecule has 0 aliphatic rings. The Morgan fingerprint density at radius 3 is 2.53 bits per heavy atom. The maximum absolute atomic E-state index is 12.7. The number of halogens is 1. The summed E-state index contributed by atoms with van der Waals surface area (Å²) >= 11 is 0. The molecule has 98 valence electrons. The fourth-order valence-electron chi connectivity index (χ4n) is 1.67. The van der Waals surface area contributed by atoms with Crippen LogP contribution in [-0.2, 0) is 0 Å². The van der Waals surface area contributed by atoms with E-state index in [-0.39, 0.29) is 18.1 Å². The van der Waals surface area contributed by atoms with Gasteiger partial charge in [-0.25, -0.2) is 4.39 Å². The molecule has 0 aromatic heterocycles. The van der Waals surface area contributed by atoms with Crippen molar-refractivity contribution < 1.29 is 9.18 Å². The molecule has 2 aromatic carbocycles. The summed E-state index contributed by atoms with van der Waals surface area (Å²) in [5.74, 6) is -0.362. The Hall–Kier alpha value is -2.36. The van der Waals surface area contributed by atoms with Gasteiger partial charge in [0.2, 0.25) is 0 Å². The van der Waals surface area contributed by atoms with Crippen molar-refractivity contribution in [3.05, 3.63) is 59.4 Å². The van der Waals surface area contributed by atoms with Crippen molar-refractivity contribution in [1.29, 1.82) is 0 Å². The van der Waals surface area contributed by atoms with Gasteiger partial charge < -0.3 is 11.1 Å². The van der Waals surface area contributed by atoms with Crippen molar-refractivity contribution in [3.8, 4) is 0 Å². The number of carbonyl (C=O) groups is 1. The van der Waals surface area contributed by atoms with Gasteiger partial charge in [0.1, 0.15) is 5.82 Å². The lowest BCUT2D eigenvalue weighted by Crippen LogP contribution is -2.14. The van der Waals surface area contributed by atoms with Crippen LogP contribution in [0, 0.1) is 12.7 Å². The monoisotopic (exact) mass is 258 g/mol. The van der Waals surface area contributed by atoms with Gasteiger partial charge in [-0.1, -0.05) is 12.1 Å². The molecule has 0 unspecified atom stereocenters. The fourth-order valence-corrected chi connectivity index (χ4v) is 1.67. The molecule has 2 aromatic rings. The Morgan fingerprint density at radius 2 is 1.89 bits per heavy atom. The number of anilines is 2. The van der Waals surface area contributed by atoms with Gasteiger partial charge in [-0.3, -0.25) is 4.79 Å². The Bertz CT molecular complexity index is 594. The van der Waals surface area contributed by atoms with E-state index in [2.05, 4.69) is 5.32 Å². The maximum Gasteiger partial charge on any atom is 0.181 e. The number of nitrogens with one attached hydrogen (secondary N) is 1. The Kier molecular flexibility index (Phi) is 3.80. The molecule has 2 rings (SSSR count). The average Bonchev–Trinajstić information content (AvgIpc) is 2.41. The molecule has 0 bridgehead atoms. The van der Waals surface area contributed by atoms with E-state index < -0.39 is 0 Å². The molecule has 3 N–H and O–H groups in total. The molecule has 0 radical (unpaired) electrons. The highest BCUT2D eigenvalue weighted by molar-refractivity contribution is 5.99. The third-order valence-corrected chi connectivity index (χ3v) is 2.90. The first-order valence-corrected chi connectivity index (χ1v) is 5.95. The number of ketones is 1. The number of nitrogen functional groups attached to an aromatic ring is 1. The topological polar surface area (TPSA) is 55.1 Å². The van der Waals surface area contributed by atoms with Crippen LogP contribution in [0.4, 0.5) is 15.8 Å². The molecule has 4 heteroatoms. The predicted molar refractivity (Wildman–Crippen MR) is 74.8 cm³/mol. The van der Waals surface area contributed by atoms with Gasteiger partial charge in [0.15, 0.2) is 5.78 Å². The third kappa shape index (κ3) is 3.31. The van der Waals surface area contributed by atoms with E-state index >= 15 is 0 Å². The van der Waals surface area contributed by atoms with Gasteiger partial charge in [-0.15, -0.1) is 0 Å². The zero-order valence-corrected chi connectivity index (χ0v) is 10.6. The van der Waals surface area contributed by atoms with Crippen molar-refractivity contribution >= 4 is 17.2 Å². The lowest BCUT2D eigenvalue weighted by Gasteiger charge is -2.07. The van der Waals surface area contributed by atoms with Crippen LogP contribution >= 0.6 is 0 Å². The molecule has 0 saturated heterocycles. The number of hydrogen-bond acceptors (Lipinski definition) is 3. The summed E-state index contributed by atoms with van der Waals surface area (Å²) in [6, 6.07) is 11.1. The van der Waals surface area contributed by atoms with Gasteiger partial charge in [-0.05, 0) is 42.8 Å². The minimum atomic E-state index is -0.303. The first-order valence-electron chi connectivity index (χ1n) is 5.95. The SMILES string of the molecule is Cc1ccc(C(=O)CNc2ccc(F)cc2)cc1N. The smallest absolute Gasteiger partial charge is 0.181 e. The van der Waals surface area contributed by atoms with Crippen LogP contribution < -0.4 is 11.1 Å². The lowest BCUT2D eigenvalue weighted by atomic mass is 10.1. The number of carbonyl (C=O) groups excluding carboxylic acids is 1. The Labute approximate surface area is 111 Å².